The fourth-order valence-electron chi connectivity index (χ4n) is 2.55. The lowest BCUT2D eigenvalue weighted by molar-refractivity contribution is -0.120. The molecule has 0 spiro atoms. The summed E-state index contributed by atoms with van der Waals surface area (Å²) in [5.41, 5.74) is 1.61. The normalized spacial score (nSPS) is 18.9. The Morgan fingerprint density at radius 1 is 1.45 bits per heavy atom. The summed E-state index contributed by atoms with van der Waals surface area (Å²) in [6.45, 7) is 1.77. The number of piperidine rings is 1. The van der Waals surface area contributed by atoms with E-state index in [-0.39, 0.29) is 11.8 Å². The minimum atomic E-state index is 0.0504. The zero-order valence-electron chi connectivity index (χ0n) is 11.0. The fraction of sp³-hybridized carbons (Fsp3) is 0.333. The van der Waals surface area contributed by atoms with Crippen molar-refractivity contribution >= 4 is 38.4 Å². The standard InChI is InChI=1S/C15H16BrN3O/c16-12-7-10-3-1-5-13(14(10)18-9-12)19-15(20)11-4-2-6-17-8-11/h1,3,5,7,9,11,17H,2,4,6,8H2,(H,19,20)/t11-/m1/s1. The molecule has 0 radical (unpaired) electrons. The largest absolute Gasteiger partial charge is 0.324 e. The molecular formula is C15H16BrN3O. The van der Waals surface area contributed by atoms with E-state index in [2.05, 4.69) is 31.5 Å². The predicted molar refractivity (Wildman–Crippen MR) is 83.7 cm³/mol. The van der Waals surface area contributed by atoms with Gasteiger partial charge in [-0.1, -0.05) is 12.1 Å². The van der Waals surface area contributed by atoms with Crippen molar-refractivity contribution < 1.29 is 4.79 Å². The SMILES string of the molecule is O=C(Nc1cccc2cc(Br)cnc12)[C@@H]1CCCNC1. The number of pyridine rings is 1. The molecule has 0 unspecified atom stereocenters. The van der Waals surface area contributed by atoms with Crippen LogP contribution in [0.3, 0.4) is 0 Å². The Morgan fingerprint density at radius 3 is 3.15 bits per heavy atom. The third kappa shape index (κ3) is 2.83. The summed E-state index contributed by atoms with van der Waals surface area (Å²) >= 11 is 3.41. The first-order valence-electron chi connectivity index (χ1n) is 6.80. The Hall–Kier alpha value is -1.46. The summed E-state index contributed by atoms with van der Waals surface area (Å²) in [6, 6.07) is 7.83. The van der Waals surface area contributed by atoms with Gasteiger partial charge in [-0.3, -0.25) is 9.78 Å². The van der Waals surface area contributed by atoms with Gasteiger partial charge in [-0.15, -0.1) is 0 Å². The molecule has 2 aromatic rings. The number of carbonyl (C=O) groups excluding carboxylic acids is 1. The average Bonchev–Trinajstić information content (AvgIpc) is 2.48. The van der Waals surface area contributed by atoms with E-state index in [4.69, 9.17) is 0 Å². The maximum absolute atomic E-state index is 12.3. The third-order valence-corrected chi connectivity index (χ3v) is 4.04. The molecule has 5 heteroatoms. The van der Waals surface area contributed by atoms with E-state index in [0.29, 0.717) is 0 Å². The van der Waals surface area contributed by atoms with Crippen LogP contribution in [0.2, 0.25) is 0 Å². The molecule has 0 saturated carbocycles. The average molecular weight is 334 g/mol. The topological polar surface area (TPSA) is 54.0 Å². The summed E-state index contributed by atoms with van der Waals surface area (Å²) in [6.07, 6.45) is 3.75. The number of para-hydroxylation sites is 1. The molecule has 0 bridgehead atoms. The number of benzene rings is 1. The Kier molecular flexibility index (Phi) is 3.98. The smallest absolute Gasteiger partial charge is 0.228 e. The zero-order valence-corrected chi connectivity index (χ0v) is 12.6. The Bertz CT molecular complexity index is 638. The van der Waals surface area contributed by atoms with Crippen LogP contribution in [0.5, 0.6) is 0 Å². The van der Waals surface area contributed by atoms with E-state index in [1.807, 2.05) is 24.3 Å². The molecular weight excluding hydrogens is 318 g/mol. The summed E-state index contributed by atoms with van der Waals surface area (Å²) in [7, 11) is 0. The van der Waals surface area contributed by atoms with Crippen molar-refractivity contribution in [2.75, 3.05) is 18.4 Å². The number of hydrogen-bond donors (Lipinski definition) is 2. The third-order valence-electron chi connectivity index (χ3n) is 3.60. The lowest BCUT2D eigenvalue weighted by Gasteiger charge is -2.22. The molecule has 1 aromatic carbocycles. The molecule has 4 nitrogen and oxygen atoms in total. The van der Waals surface area contributed by atoms with Crippen LogP contribution in [0, 0.1) is 5.92 Å². The first-order chi connectivity index (χ1) is 9.74. The second-order valence-electron chi connectivity index (χ2n) is 5.06. The van der Waals surface area contributed by atoms with Crippen LogP contribution in [-0.2, 0) is 4.79 Å². The van der Waals surface area contributed by atoms with Crippen LogP contribution < -0.4 is 10.6 Å². The van der Waals surface area contributed by atoms with E-state index in [1.165, 1.54) is 0 Å². The van der Waals surface area contributed by atoms with Crippen LogP contribution >= 0.6 is 15.9 Å². The molecule has 0 aliphatic carbocycles. The quantitative estimate of drug-likeness (QED) is 0.888. The molecule has 1 fully saturated rings. The summed E-state index contributed by atoms with van der Waals surface area (Å²) in [5.74, 6) is 0.129. The van der Waals surface area contributed by atoms with Crippen LogP contribution in [-0.4, -0.2) is 24.0 Å². The highest BCUT2D eigenvalue weighted by Gasteiger charge is 2.21. The summed E-state index contributed by atoms with van der Waals surface area (Å²) in [5, 5.41) is 7.29. The second kappa shape index (κ2) is 5.89. The van der Waals surface area contributed by atoms with Gasteiger partial charge in [-0.25, -0.2) is 0 Å². The van der Waals surface area contributed by atoms with E-state index in [1.54, 1.807) is 6.20 Å². The van der Waals surface area contributed by atoms with Crippen LogP contribution in [0.25, 0.3) is 10.9 Å². The van der Waals surface area contributed by atoms with Gasteiger partial charge in [-0.05, 0) is 47.4 Å². The van der Waals surface area contributed by atoms with Crippen LogP contribution in [0.4, 0.5) is 5.69 Å². The molecule has 2 heterocycles. The highest BCUT2D eigenvalue weighted by Crippen LogP contribution is 2.24. The van der Waals surface area contributed by atoms with E-state index >= 15 is 0 Å². The molecule has 1 saturated heterocycles. The maximum Gasteiger partial charge on any atom is 0.228 e. The van der Waals surface area contributed by atoms with Crippen molar-refractivity contribution in [1.29, 1.82) is 0 Å². The number of carbonyl (C=O) groups is 1. The van der Waals surface area contributed by atoms with E-state index < -0.39 is 0 Å². The van der Waals surface area contributed by atoms with Crippen molar-refractivity contribution in [1.82, 2.24) is 10.3 Å². The van der Waals surface area contributed by atoms with E-state index in [9.17, 15) is 4.79 Å². The summed E-state index contributed by atoms with van der Waals surface area (Å²) < 4.78 is 0.935. The number of nitrogens with zero attached hydrogens (tertiary/aromatic N) is 1. The van der Waals surface area contributed by atoms with Crippen LogP contribution in [0.15, 0.2) is 34.9 Å². The van der Waals surface area contributed by atoms with Gasteiger partial charge in [0.05, 0.1) is 17.1 Å². The van der Waals surface area contributed by atoms with Gasteiger partial charge < -0.3 is 10.6 Å². The lowest BCUT2D eigenvalue weighted by Crippen LogP contribution is -2.37. The first-order valence-corrected chi connectivity index (χ1v) is 7.59. The number of fused-ring (bicyclic) bond motifs is 1. The molecule has 2 N–H and O–H groups in total. The minimum Gasteiger partial charge on any atom is -0.324 e. The number of aromatic nitrogens is 1. The van der Waals surface area contributed by atoms with Crippen molar-refractivity contribution in [3.05, 3.63) is 34.9 Å². The molecule has 104 valence electrons. The maximum atomic E-state index is 12.3. The number of rotatable bonds is 2. The summed E-state index contributed by atoms with van der Waals surface area (Å²) in [4.78, 5) is 16.7. The highest BCUT2D eigenvalue weighted by atomic mass is 79.9. The van der Waals surface area contributed by atoms with Gasteiger partial charge in [0.2, 0.25) is 5.91 Å². The van der Waals surface area contributed by atoms with Gasteiger partial charge in [0, 0.05) is 22.6 Å². The lowest BCUT2D eigenvalue weighted by atomic mass is 9.98. The molecule has 1 aliphatic rings. The number of amides is 1. The van der Waals surface area contributed by atoms with Crippen molar-refractivity contribution in [3.8, 4) is 0 Å². The van der Waals surface area contributed by atoms with Gasteiger partial charge in [0.1, 0.15) is 0 Å². The second-order valence-corrected chi connectivity index (χ2v) is 5.98. The molecule has 1 aromatic heterocycles. The molecule has 3 rings (SSSR count). The Labute approximate surface area is 126 Å². The molecule has 20 heavy (non-hydrogen) atoms. The number of anilines is 1. The number of nitrogens with one attached hydrogen (secondary N) is 2. The molecule has 1 amide bonds. The van der Waals surface area contributed by atoms with Gasteiger partial charge in [0.15, 0.2) is 0 Å². The monoisotopic (exact) mass is 333 g/mol. The predicted octanol–water partition coefficient (Wildman–Crippen LogP) is 2.94. The highest BCUT2D eigenvalue weighted by molar-refractivity contribution is 9.10. The number of halogens is 1. The van der Waals surface area contributed by atoms with Gasteiger partial charge >= 0.3 is 0 Å². The van der Waals surface area contributed by atoms with Crippen molar-refractivity contribution in [2.45, 2.75) is 12.8 Å². The van der Waals surface area contributed by atoms with Gasteiger partial charge in [-0.2, -0.15) is 0 Å². The fourth-order valence-corrected chi connectivity index (χ4v) is 2.89. The van der Waals surface area contributed by atoms with Crippen molar-refractivity contribution in [2.24, 2.45) is 5.92 Å². The first kappa shape index (κ1) is 13.5. The minimum absolute atomic E-state index is 0.0504. The Morgan fingerprint density at radius 2 is 2.35 bits per heavy atom. The molecule has 1 aliphatic heterocycles. The Balaban J connectivity index is 1.85. The molecule has 1 atom stereocenters. The number of hydrogen-bond acceptors (Lipinski definition) is 3. The van der Waals surface area contributed by atoms with Crippen LogP contribution in [0.1, 0.15) is 12.8 Å². The van der Waals surface area contributed by atoms with E-state index in [0.717, 1.165) is 47.0 Å². The van der Waals surface area contributed by atoms with Gasteiger partial charge in [0.25, 0.3) is 0 Å². The zero-order chi connectivity index (χ0) is 13.9. The van der Waals surface area contributed by atoms with Crippen molar-refractivity contribution in [3.63, 3.8) is 0 Å².